The molecule has 0 aromatic heterocycles. The third-order valence-corrected chi connectivity index (χ3v) is 3.17. The lowest BCUT2D eigenvalue weighted by atomic mass is 10.1. The van der Waals surface area contributed by atoms with Crippen LogP contribution >= 0.6 is 15.9 Å². The van der Waals surface area contributed by atoms with Crippen molar-refractivity contribution in [3.05, 3.63) is 29.8 Å². The molecule has 92 valence electrons. The zero-order valence-electron chi connectivity index (χ0n) is 10.00. The first kappa shape index (κ1) is 13.9. The molecular weight excluding hydrogens is 282 g/mol. The zero-order valence-corrected chi connectivity index (χ0v) is 11.6. The van der Waals surface area contributed by atoms with Crippen molar-refractivity contribution in [1.29, 1.82) is 0 Å². The summed E-state index contributed by atoms with van der Waals surface area (Å²) in [6.45, 7) is 3.48. The second-order valence-corrected chi connectivity index (χ2v) is 4.99. The minimum absolute atomic E-state index is 0.0547. The molecule has 0 aliphatic rings. The monoisotopic (exact) mass is 297 g/mol. The number of alkyl halides is 1. The third-order valence-electron chi connectivity index (χ3n) is 2.29. The summed E-state index contributed by atoms with van der Waals surface area (Å²) in [5, 5.41) is 2.66. The maximum absolute atomic E-state index is 12.0. The minimum atomic E-state index is -0.153. The number of hydrogen-bond acceptors (Lipinski definition) is 2. The Morgan fingerprint density at radius 1 is 1.41 bits per heavy atom. The van der Waals surface area contributed by atoms with Crippen molar-refractivity contribution in [2.45, 2.75) is 31.5 Å². The fourth-order valence-corrected chi connectivity index (χ4v) is 2.24. The normalized spacial score (nSPS) is 11.9. The Kier molecular flexibility index (Phi) is 5.35. The van der Waals surface area contributed by atoms with Crippen LogP contribution in [-0.4, -0.2) is 16.5 Å². The van der Waals surface area contributed by atoms with Crippen LogP contribution < -0.4 is 5.32 Å². The summed E-state index contributed by atoms with van der Waals surface area (Å²) < 4.78 is 0. The van der Waals surface area contributed by atoms with Gasteiger partial charge < -0.3 is 5.32 Å². The lowest BCUT2D eigenvalue weighted by Crippen LogP contribution is -2.14. The minimum Gasteiger partial charge on any atom is -0.326 e. The van der Waals surface area contributed by atoms with Crippen molar-refractivity contribution in [2.75, 3.05) is 5.32 Å². The summed E-state index contributed by atoms with van der Waals surface area (Å²) >= 11 is 3.38. The predicted octanol–water partition coefficient (Wildman–Crippen LogP) is 3.39. The van der Waals surface area contributed by atoms with Gasteiger partial charge in [0.2, 0.25) is 5.91 Å². The van der Waals surface area contributed by atoms with Crippen LogP contribution in [0, 0.1) is 0 Å². The van der Waals surface area contributed by atoms with E-state index in [0.717, 1.165) is 12.8 Å². The Bertz CT molecular complexity index is 418. The zero-order chi connectivity index (χ0) is 12.8. The summed E-state index contributed by atoms with van der Waals surface area (Å²) in [4.78, 5) is 22.8. The quantitative estimate of drug-likeness (QED) is 0.669. The molecule has 0 fully saturated rings. The molecule has 1 unspecified atom stereocenters. The fraction of sp³-hybridized carbons (Fsp3) is 0.385. The molecule has 0 aliphatic carbocycles. The van der Waals surface area contributed by atoms with E-state index in [0.29, 0.717) is 11.3 Å². The van der Waals surface area contributed by atoms with Gasteiger partial charge in [-0.1, -0.05) is 41.4 Å². The highest BCUT2D eigenvalue weighted by molar-refractivity contribution is 9.10. The lowest BCUT2D eigenvalue weighted by molar-refractivity contribution is -0.114. The number of nitrogens with one attached hydrogen (secondary N) is 1. The molecule has 4 heteroatoms. The van der Waals surface area contributed by atoms with Gasteiger partial charge in [-0.15, -0.1) is 0 Å². The first-order valence-corrected chi connectivity index (χ1v) is 6.52. The van der Waals surface area contributed by atoms with Gasteiger partial charge in [0.15, 0.2) is 5.78 Å². The standard InChI is InChI=1S/C13H16BrNO2/c1-3-5-12(14)13(17)10-6-4-7-11(8-10)15-9(2)16/h4,6-8,12H,3,5H2,1-2H3,(H,15,16). The fourth-order valence-electron chi connectivity index (χ4n) is 1.52. The smallest absolute Gasteiger partial charge is 0.221 e. The molecule has 1 rings (SSSR count). The van der Waals surface area contributed by atoms with E-state index in [2.05, 4.69) is 21.2 Å². The van der Waals surface area contributed by atoms with Crippen LogP contribution in [0.15, 0.2) is 24.3 Å². The largest absolute Gasteiger partial charge is 0.326 e. The molecule has 0 heterocycles. The molecule has 0 bridgehead atoms. The molecule has 0 spiro atoms. The summed E-state index contributed by atoms with van der Waals surface area (Å²) in [7, 11) is 0. The average molecular weight is 298 g/mol. The predicted molar refractivity (Wildman–Crippen MR) is 72.7 cm³/mol. The Morgan fingerprint density at radius 3 is 2.71 bits per heavy atom. The maximum atomic E-state index is 12.0. The lowest BCUT2D eigenvalue weighted by Gasteiger charge is -2.09. The number of Topliss-reactive ketones (excluding diaryl/α,β-unsaturated/α-hetero) is 1. The highest BCUT2D eigenvalue weighted by Crippen LogP contribution is 2.18. The summed E-state index contributed by atoms with van der Waals surface area (Å²) in [5.41, 5.74) is 1.27. The number of ketones is 1. The van der Waals surface area contributed by atoms with Crippen LogP contribution in [0.4, 0.5) is 5.69 Å². The molecule has 0 saturated heterocycles. The Hall–Kier alpha value is -1.16. The van der Waals surface area contributed by atoms with Crippen molar-refractivity contribution in [3.63, 3.8) is 0 Å². The van der Waals surface area contributed by atoms with Gasteiger partial charge in [0.05, 0.1) is 4.83 Å². The number of benzene rings is 1. The summed E-state index contributed by atoms with van der Waals surface area (Å²) in [6, 6.07) is 7.00. The van der Waals surface area contributed by atoms with E-state index in [-0.39, 0.29) is 16.5 Å². The molecule has 0 radical (unpaired) electrons. The van der Waals surface area contributed by atoms with Crippen LogP contribution in [0.25, 0.3) is 0 Å². The van der Waals surface area contributed by atoms with Crippen molar-refractivity contribution >= 4 is 33.3 Å². The van der Waals surface area contributed by atoms with E-state index in [1.165, 1.54) is 6.92 Å². The van der Waals surface area contributed by atoms with Crippen LogP contribution in [0.2, 0.25) is 0 Å². The number of rotatable bonds is 5. The number of anilines is 1. The van der Waals surface area contributed by atoms with Gasteiger partial charge in [0, 0.05) is 18.2 Å². The van der Waals surface area contributed by atoms with E-state index < -0.39 is 0 Å². The van der Waals surface area contributed by atoms with E-state index in [1.54, 1.807) is 24.3 Å². The molecule has 0 saturated carbocycles. The topological polar surface area (TPSA) is 46.2 Å². The molecule has 17 heavy (non-hydrogen) atoms. The van der Waals surface area contributed by atoms with Gasteiger partial charge in [-0.05, 0) is 18.6 Å². The molecular formula is C13H16BrNO2. The second-order valence-electron chi connectivity index (χ2n) is 3.88. The first-order valence-electron chi connectivity index (χ1n) is 5.60. The van der Waals surface area contributed by atoms with Crippen molar-refractivity contribution < 1.29 is 9.59 Å². The van der Waals surface area contributed by atoms with Crippen LogP contribution in [0.3, 0.4) is 0 Å². The van der Waals surface area contributed by atoms with Gasteiger partial charge in [0.25, 0.3) is 0 Å². The van der Waals surface area contributed by atoms with Gasteiger partial charge in [0.1, 0.15) is 0 Å². The average Bonchev–Trinajstić information content (AvgIpc) is 2.28. The van der Waals surface area contributed by atoms with Gasteiger partial charge in [-0.25, -0.2) is 0 Å². The van der Waals surface area contributed by atoms with Gasteiger partial charge >= 0.3 is 0 Å². The Morgan fingerprint density at radius 2 is 2.12 bits per heavy atom. The molecule has 3 nitrogen and oxygen atoms in total. The van der Waals surface area contributed by atoms with E-state index in [9.17, 15) is 9.59 Å². The molecule has 1 amide bonds. The molecule has 1 N–H and O–H groups in total. The highest BCUT2D eigenvalue weighted by Gasteiger charge is 2.16. The van der Waals surface area contributed by atoms with Crippen LogP contribution in [0.1, 0.15) is 37.0 Å². The van der Waals surface area contributed by atoms with Crippen LogP contribution in [0.5, 0.6) is 0 Å². The Labute approximate surface area is 110 Å². The summed E-state index contributed by atoms with van der Waals surface area (Å²) in [5.74, 6) is -0.0856. The van der Waals surface area contributed by atoms with Crippen LogP contribution in [-0.2, 0) is 4.79 Å². The molecule has 1 atom stereocenters. The van der Waals surface area contributed by atoms with Crippen molar-refractivity contribution in [3.8, 4) is 0 Å². The number of amides is 1. The molecule has 1 aromatic rings. The second kappa shape index (κ2) is 6.55. The highest BCUT2D eigenvalue weighted by atomic mass is 79.9. The summed E-state index contributed by atoms with van der Waals surface area (Å²) in [6.07, 6.45) is 1.76. The third kappa shape index (κ3) is 4.30. The van der Waals surface area contributed by atoms with Crippen molar-refractivity contribution in [2.24, 2.45) is 0 Å². The number of carbonyl (C=O) groups excluding carboxylic acids is 2. The first-order chi connectivity index (χ1) is 8.04. The molecule has 0 aliphatic heterocycles. The van der Waals surface area contributed by atoms with Gasteiger partial charge in [-0.3, -0.25) is 9.59 Å². The molecule has 1 aromatic carbocycles. The number of halogens is 1. The van der Waals surface area contributed by atoms with Gasteiger partial charge in [-0.2, -0.15) is 0 Å². The number of hydrogen-bond donors (Lipinski definition) is 1. The maximum Gasteiger partial charge on any atom is 0.221 e. The van der Waals surface area contributed by atoms with E-state index in [1.807, 2.05) is 6.92 Å². The SMILES string of the molecule is CCCC(Br)C(=O)c1cccc(NC(C)=O)c1. The van der Waals surface area contributed by atoms with Crippen molar-refractivity contribution in [1.82, 2.24) is 0 Å². The van der Waals surface area contributed by atoms with E-state index >= 15 is 0 Å². The Balaban J connectivity index is 2.83. The number of carbonyl (C=O) groups is 2. The van der Waals surface area contributed by atoms with E-state index in [4.69, 9.17) is 0 Å².